The topological polar surface area (TPSA) is 75.7 Å². The predicted octanol–water partition coefficient (Wildman–Crippen LogP) is 3.22. The van der Waals surface area contributed by atoms with E-state index in [-0.39, 0.29) is 30.4 Å². The average Bonchev–Trinajstić information content (AvgIpc) is 2.71. The zero-order valence-corrected chi connectivity index (χ0v) is 18.3. The number of hydrogen-bond acceptors (Lipinski definition) is 4. The Morgan fingerprint density at radius 2 is 1.57 bits per heavy atom. The van der Waals surface area contributed by atoms with Crippen molar-refractivity contribution in [1.29, 1.82) is 0 Å². The smallest absolute Gasteiger partial charge is 0.325 e. The number of likely N-dealkylation sites (N-methyl/N-ethyl adjacent to an activating group) is 1. The van der Waals surface area contributed by atoms with Crippen molar-refractivity contribution in [2.45, 2.75) is 39.7 Å². The quantitative estimate of drug-likeness (QED) is 0.711. The Labute approximate surface area is 178 Å². The molecule has 2 aromatic rings. The van der Waals surface area contributed by atoms with Gasteiger partial charge in [-0.15, -0.1) is 0 Å². The molecule has 0 aromatic heterocycles. The molecule has 6 heteroatoms. The molecule has 2 aromatic carbocycles. The lowest BCUT2D eigenvalue weighted by Gasteiger charge is -2.19. The fraction of sp³-hybridized carbons (Fsp3) is 0.375. The van der Waals surface area contributed by atoms with Crippen LogP contribution in [0.15, 0.2) is 48.5 Å². The van der Waals surface area contributed by atoms with Crippen LogP contribution in [0.25, 0.3) is 0 Å². The van der Waals surface area contributed by atoms with E-state index in [2.05, 4.69) is 26.1 Å². The lowest BCUT2D eigenvalue weighted by atomic mass is 9.87. The van der Waals surface area contributed by atoms with Crippen LogP contribution in [0.4, 0.5) is 0 Å². The first-order chi connectivity index (χ1) is 14.1. The molecule has 6 nitrogen and oxygen atoms in total. The highest BCUT2D eigenvalue weighted by Gasteiger charge is 2.16. The number of carbonyl (C=O) groups is 3. The summed E-state index contributed by atoms with van der Waals surface area (Å²) in [5, 5.41) is 2.52. The van der Waals surface area contributed by atoms with Gasteiger partial charge >= 0.3 is 5.97 Å². The van der Waals surface area contributed by atoms with Crippen molar-refractivity contribution in [3.05, 3.63) is 70.8 Å². The van der Waals surface area contributed by atoms with Gasteiger partial charge in [-0.2, -0.15) is 0 Å². The minimum absolute atomic E-state index is 0.00202. The molecule has 0 aliphatic carbocycles. The molecule has 2 amide bonds. The van der Waals surface area contributed by atoms with Gasteiger partial charge in [0.1, 0.15) is 6.54 Å². The van der Waals surface area contributed by atoms with E-state index in [9.17, 15) is 14.4 Å². The van der Waals surface area contributed by atoms with Crippen LogP contribution in [0.5, 0.6) is 0 Å². The Morgan fingerprint density at radius 1 is 0.967 bits per heavy atom. The molecule has 1 N–H and O–H groups in total. The molecule has 0 spiro atoms. The van der Waals surface area contributed by atoms with Crippen molar-refractivity contribution in [3.8, 4) is 0 Å². The van der Waals surface area contributed by atoms with E-state index >= 15 is 0 Å². The second-order valence-electron chi connectivity index (χ2n) is 8.41. The van der Waals surface area contributed by atoms with Crippen LogP contribution in [0, 0.1) is 6.92 Å². The number of esters is 1. The minimum Gasteiger partial charge on any atom is -0.454 e. The molecule has 0 saturated heterocycles. The summed E-state index contributed by atoms with van der Waals surface area (Å²) in [6.45, 7) is 8.05. The Balaban J connectivity index is 1.75. The van der Waals surface area contributed by atoms with Crippen LogP contribution in [-0.4, -0.2) is 42.9 Å². The number of nitrogens with zero attached hydrogens (tertiary/aromatic N) is 1. The predicted molar refractivity (Wildman–Crippen MR) is 116 cm³/mol. The van der Waals surface area contributed by atoms with Crippen molar-refractivity contribution in [2.24, 2.45) is 0 Å². The molecule has 0 atom stereocenters. The lowest BCUT2D eigenvalue weighted by molar-refractivity contribution is -0.150. The number of amides is 2. The molecule has 0 saturated carbocycles. The molecule has 0 radical (unpaired) electrons. The number of rotatable bonds is 7. The summed E-state index contributed by atoms with van der Waals surface area (Å²) < 4.78 is 4.99. The molecule has 0 heterocycles. The number of carbonyl (C=O) groups excluding carboxylic acids is 3. The summed E-state index contributed by atoms with van der Waals surface area (Å²) in [7, 11) is 1.65. The molecule has 0 unspecified atom stereocenters. The Hall–Kier alpha value is -3.15. The summed E-state index contributed by atoms with van der Waals surface area (Å²) >= 11 is 0. The number of aryl methyl sites for hydroxylation is 1. The van der Waals surface area contributed by atoms with Gasteiger partial charge in [0.05, 0.1) is 0 Å². The molecule has 0 aliphatic heterocycles. The number of ether oxygens (including phenoxy) is 1. The standard InChI is InChI=1S/C24H30N2O4/c1-17-6-8-18(9-7-17)15-26(5)21(27)16-30-22(28)14-25-23(29)19-10-12-20(13-11-19)24(2,3)4/h6-13H,14-16H2,1-5H3,(H,25,29). The highest BCUT2D eigenvalue weighted by atomic mass is 16.5. The van der Waals surface area contributed by atoms with E-state index in [0.29, 0.717) is 12.1 Å². The maximum atomic E-state index is 12.2. The fourth-order valence-corrected chi connectivity index (χ4v) is 2.74. The highest BCUT2D eigenvalue weighted by Crippen LogP contribution is 2.22. The molecular weight excluding hydrogens is 380 g/mol. The van der Waals surface area contributed by atoms with E-state index in [0.717, 1.165) is 16.7 Å². The minimum atomic E-state index is -0.660. The van der Waals surface area contributed by atoms with Gasteiger partial charge in [-0.05, 0) is 35.6 Å². The second kappa shape index (κ2) is 10.1. The van der Waals surface area contributed by atoms with Crippen LogP contribution in [0.1, 0.15) is 47.8 Å². The molecule has 30 heavy (non-hydrogen) atoms. The Morgan fingerprint density at radius 3 is 2.13 bits per heavy atom. The van der Waals surface area contributed by atoms with Gasteiger partial charge in [-0.3, -0.25) is 14.4 Å². The van der Waals surface area contributed by atoms with E-state index in [1.807, 2.05) is 43.3 Å². The third-order valence-electron chi connectivity index (χ3n) is 4.73. The summed E-state index contributed by atoms with van der Waals surface area (Å²) in [5.74, 6) is -1.34. The van der Waals surface area contributed by atoms with Gasteiger partial charge in [-0.25, -0.2) is 0 Å². The summed E-state index contributed by atoms with van der Waals surface area (Å²) in [4.78, 5) is 37.7. The number of benzene rings is 2. The van der Waals surface area contributed by atoms with Crippen molar-refractivity contribution < 1.29 is 19.1 Å². The van der Waals surface area contributed by atoms with Gasteiger partial charge in [0.2, 0.25) is 0 Å². The highest BCUT2D eigenvalue weighted by molar-refractivity contribution is 5.96. The Kier molecular flexibility index (Phi) is 7.75. The third kappa shape index (κ3) is 7.03. The first-order valence-electron chi connectivity index (χ1n) is 9.90. The molecular formula is C24H30N2O4. The average molecular weight is 411 g/mol. The first-order valence-corrected chi connectivity index (χ1v) is 9.90. The normalized spacial score (nSPS) is 11.0. The van der Waals surface area contributed by atoms with Gasteiger partial charge in [0, 0.05) is 19.2 Å². The van der Waals surface area contributed by atoms with Crippen LogP contribution < -0.4 is 5.32 Å². The van der Waals surface area contributed by atoms with Crippen molar-refractivity contribution in [1.82, 2.24) is 10.2 Å². The van der Waals surface area contributed by atoms with Crippen LogP contribution >= 0.6 is 0 Å². The molecule has 2 rings (SSSR count). The lowest BCUT2D eigenvalue weighted by Crippen LogP contribution is -2.34. The van der Waals surface area contributed by atoms with E-state index in [4.69, 9.17) is 4.74 Å². The third-order valence-corrected chi connectivity index (χ3v) is 4.73. The maximum Gasteiger partial charge on any atom is 0.325 e. The molecule has 160 valence electrons. The summed E-state index contributed by atoms with van der Waals surface area (Å²) in [6.07, 6.45) is 0. The van der Waals surface area contributed by atoms with Crippen molar-refractivity contribution in [2.75, 3.05) is 20.2 Å². The monoisotopic (exact) mass is 410 g/mol. The van der Waals surface area contributed by atoms with E-state index in [1.54, 1.807) is 19.2 Å². The SMILES string of the molecule is Cc1ccc(CN(C)C(=O)COC(=O)CNC(=O)c2ccc(C(C)(C)C)cc2)cc1. The van der Waals surface area contributed by atoms with E-state index < -0.39 is 5.97 Å². The maximum absolute atomic E-state index is 12.2. The van der Waals surface area contributed by atoms with Crippen LogP contribution in [-0.2, 0) is 26.3 Å². The number of hydrogen-bond donors (Lipinski definition) is 1. The van der Waals surface area contributed by atoms with Gasteiger partial charge in [0.25, 0.3) is 11.8 Å². The Bertz CT molecular complexity index is 881. The zero-order valence-electron chi connectivity index (χ0n) is 18.3. The van der Waals surface area contributed by atoms with Gasteiger partial charge in [0.15, 0.2) is 6.61 Å². The molecule has 0 fully saturated rings. The van der Waals surface area contributed by atoms with Crippen LogP contribution in [0.2, 0.25) is 0 Å². The van der Waals surface area contributed by atoms with Gasteiger partial charge in [-0.1, -0.05) is 62.7 Å². The summed E-state index contributed by atoms with van der Waals surface area (Å²) in [6, 6.07) is 15.1. The number of nitrogens with one attached hydrogen (secondary N) is 1. The zero-order chi connectivity index (χ0) is 22.3. The molecule has 0 bridgehead atoms. The van der Waals surface area contributed by atoms with E-state index in [1.165, 1.54) is 4.90 Å². The second-order valence-corrected chi connectivity index (χ2v) is 8.41. The first kappa shape index (κ1) is 23.1. The van der Waals surface area contributed by atoms with Crippen molar-refractivity contribution >= 4 is 17.8 Å². The van der Waals surface area contributed by atoms with Gasteiger partial charge < -0.3 is 15.0 Å². The summed E-state index contributed by atoms with van der Waals surface area (Å²) in [5.41, 5.74) is 3.72. The fourth-order valence-electron chi connectivity index (χ4n) is 2.74. The molecule has 0 aliphatic rings. The van der Waals surface area contributed by atoms with Crippen molar-refractivity contribution in [3.63, 3.8) is 0 Å². The largest absolute Gasteiger partial charge is 0.454 e. The van der Waals surface area contributed by atoms with Crippen LogP contribution in [0.3, 0.4) is 0 Å².